The van der Waals surface area contributed by atoms with Gasteiger partial charge in [-0.25, -0.2) is 14.3 Å². The van der Waals surface area contributed by atoms with Gasteiger partial charge in [-0.15, -0.1) is 0 Å². The monoisotopic (exact) mass is 804 g/mol. The van der Waals surface area contributed by atoms with Crippen LogP contribution in [0.5, 0.6) is 17.5 Å². The molecule has 5 aromatic rings. The van der Waals surface area contributed by atoms with Crippen LogP contribution in [0.2, 0.25) is 5.02 Å². The van der Waals surface area contributed by atoms with Crippen molar-refractivity contribution in [3.05, 3.63) is 119 Å². The van der Waals surface area contributed by atoms with E-state index in [9.17, 15) is 22.8 Å². The molecule has 0 aliphatic carbocycles. The van der Waals surface area contributed by atoms with E-state index < -0.39 is 35.8 Å². The number of halogens is 4. The van der Waals surface area contributed by atoms with Gasteiger partial charge in [0.05, 0.1) is 24.1 Å². The maximum Gasteiger partial charge on any atom is 0.429 e. The molecule has 298 valence electrons. The fourth-order valence-electron chi connectivity index (χ4n) is 7.21. The number of esters is 1. The van der Waals surface area contributed by atoms with Gasteiger partial charge < -0.3 is 23.8 Å². The molecule has 16 heteroatoms. The number of alkyl halides is 3. The van der Waals surface area contributed by atoms with Gasteiger partial charge in [0.2, 0.25) is 23.8 Å². The molecule has 2 atom stereocenters. The van der Waals surface area contributed by atoms with Gasteiger partial charge in [0, 0.05) is 36.4 Å². The SMILES string of the molecule is CCOC(=O)C1CC2(CCN(c3nc(Oc4ccccc4)cc(O[C@H](c4ccc(Cl)cc4-n4ccc(C)n4)C(F)(F)F)n3)CC2)CN1C(=O)OCc1ccccc1. The lowest BCUT2D eigenvalue weighted by molar-refractivity contribution is -0.198. The average molecular weight is 805 g/mol. The lowest BCUT2D eigenvalue weighted by Crippen LogP contribution is -2.43. The van der Waals surface area contributed by atoms with Gasteiger partial charge in [0.15, 0.2) is 0 Å². The van der Waals surface area contributed by atoms with E-state index in [1.807, 2.05) is 35.2 Å². The first-order valence-corrected chi connectivity index (χ1v) is 18.8. The number of aryl methyl sites for hydroxylation is 1. The molecule has 4 heterocycles. The number of carbonyl (C=O) groups excluding carboxylic acids is 2. The highest BCUT2D eigenvalue weighted by Crippen LogP contribution is 2.45. The zero-order valence-electron chi connectivity index (χ0n) is 31.2. The molecule has 2 fully saturated rings. The largest absolute Gasteiger partial charge is 0.464 e. The zero-order chi connectivity index (χ0) is 40.2. The smallest absolute Gasteiger partial charge is 0.429 e. The van der Waals surface area contributed by atoms with Gasteiger partial charge in [0.1, 0.15) is 18.4 Å². The van der Waals surface area contributed by atoms with Crippen molar-refractivity contribution in [2.75, 3.05) is 31.1 Å². The highest BCUT2D eigenvalue weighted by molar-refractivity contribution is 6.30. The second-order valence-electron chi connectivity index (χ2n) is 14.0. The summed E-state index contributed by atoms with van der Waals surface area (Å²) in [4.78, 5) is 38.9. The summed E-state index contributed by atoms with van der Waals surface area (Å²) in [6, 6.07) is 24.0. The minimum Gasteiger partial charge on any atom is -0.464 e. The third kappa shape index (κ3) is 9.25. The number of hydrogen-bond donors (Lipinski definition) is 0. The van der Waals surface area contributed by atoms with Crippen LogP contribution in [0.3, 0.4) is 0 Å². The Hall–Kier alpha value is -5.83. The van der Waals surface area contributed by atoms with Crippen molar-refractivity contribution in [3.8, 4) is 23.2 Å². The predicted octanol–water partition coefficient (Wildman–Crippen LogP) is 8.66. The van der Waals surface area contributed by atoms with E-state index in [0.717, 1.165) is 5.56 Å². The van der Waals surface area contributed by atoms with E-state index in [-0.39, 0.29) is 53.7 Å². The number of benzene rings is 3. The summed E-state index contributed by atoms with van der Waals surface area (Å²) < 4.78 is 69.0. The van der Waals surface area contributed by atoms with E-state index in [1.165, 1.54) is 33.8 Å². The quantitative estimate of drug-likeness (QED) is 0.120. The number of aromatic nitrogens is 4. The van der Waals surface area contributed by atoms with E-state index in [2.05, 4.69) is 15.1 Å². The van der Waals surface area contributed by atoms with Gasteiger partial charge in [-0.05, 0) is 74.4 Å². The van der Waals surface area contributed by atoms with Gasteiger partial charge in [-0.3, -0.25) is 4.90 Å². The Morgan fingerprint density at radius 2 is 1.63 bits per heavy atom. The molecule has 2 saturated heterocycles. The Bertz CT molecular complexity index is 2180. The van der Waals surface area contributed by atoms with Crippen LogP contribution >= 0.6 is 11.6 Å². The molecule has 12 nitrogen and oxygen atoms in total. The van der Waals surface area contributed by atoms with Crippen molar-refractivity contribution >= 4 is 29.6 Å². The van der Waals surface area contributed by atoms with E-state index in [1.54, 1.807) is 56.4 Å². The first-order valence-electron chi connectivity index (χ1n) is 18.5. The summed E-state index contributed by atoms with van der Waals surface area (Å²) in [6.07, 6.45) is -5.05. The minimum atomic E-state index is -4.89. The molecular formula is C41H40ClF3N6O6. The zero-order valence-corrected chi connectivity index (χ0v) is 31.9. The summed E-state index contributed by atoms with van der Waals surface area (Å²) in [5.41, 5.74) is 0.802. The maximum absolute atomic E-state index is 15.0. The Morgan fingerprint density at radius 3 is 2.30 bits per heavy atom. The minimum absolute atomic E-state index is 0.0305. The Balaban J connectivity index is 1.15. The summed E-state index contributed by atoms with van der Waals surface area (Å²) in [5, 5.41) is 4.53. The molecular weight excluding hydrogens is 765 g/mol. The Labute approximate surface area is 332 Å². The number of para-hydroxylation sites is 1. The van der Waals surface area contributed by atoms with E-state index >= 15 is 0 Å². The number of anilines is 1. The Kier molecular flexibility index (Phi) is 11.6. The number of likely N-dealkylation sites (tertiary alicyclic amines) is 1. The van der Waals surface area contributed by atoms with Crippen molar-refractivity contribution in [2.24, 2.45) is 5.41 Å². The van der Waals surface area contributed by atoms with Crippen LogP contribution in [0.25, 0.3) is 5.69 Å². The molecule has 1 amide bonds. The van der Waals surface area contributed by atoms with Crippen LogP contribution in [0.1, 0.15) is 49.1 Å². The summed E-state index contributed by atoms with van der Waals surface area (Å²) in [5.74, 6) is -0.414. The average Bonchev–Trinajstić information content (AvgIpc) is 3.80. The van der Waals surface area contributed by atoms with E-state index in [4.69, 9.17) is 30.5 Å². The van der Waals surface area contributed by atoms with Crippen molar-refractivity contribution in [1.29, 1.82) is 0 Å². The highest BCUT2D eigenvalue weighted by atomic mass is 35.5. The lowest BCUT2D eigenvalue weighted by atomic mass is 9.76. The highest BCUT2D eigenvalue weighted by Gasteiger charge is 2.51. The first kappa shape index (κ1) is 39.4. The molecule has 2 aliphatic heterocycles. The number of rotatable bonds is 11. The second-order valence-corrected chi connectivity index (χ2v) is 14.5. The van der Waals surface area contributed by atoms with Gasteiger partial charge in [0.25, 0.3) is 0 Å². The molecule has 2 aromatic heterocycles. The van der Waals surface area contributed by atoms with Crippen molar-refractivity contribution < 1.29 is 41.7 Å². The van der Waals surface area contributed by atoms with Crippen LogP contribution in [0.4, 0.5) is 23.9 Å². The van der Waals surface area contributed by atoms with Gasteiger partial charge >= 0.3 is 18.2 Å². The molecule has 0 bridgehead atoms. The number of amides is 1. The standard InChI is InChI=1S/C41H40ClF3N6O6/c1-3-54-37(52)33-24-40(26-50(33)39(53)55-25-28-10-6-4-7-11-28)17-20-49(21-18-40)38-46-34(56-30-12-8-5-9-13-30)23-35(47-38)57-36(41(43,44)45)31-15-14-29(42)22-32(31)51-19-16-27(2)48-51/h4-16,19,22-23,33,36H,3,17-18,20-21,24-26H2,1-2H3/t33?,36-/m1/s1. The molecule has 0 saturated carbocycles. The third-order valence-electron chi connectivity index (χ3n) is 10.0. The van der Waals surface area contributed by atoms with Crippen LogP contribution < -0.4 is 14.4 Å². The van der Waals surface area contributed by atoms with Crippen LogP contribution in [-0.4, -0.2) is 75.2 Å². The molecule has 0 radical (unpaired) electrons. The van der Waals surface area contributed by atoms with Crippen LogP contribution in [-0.2, 0) is 20.9 Å². The van der Waals surface area contributed by atoms with Crippen LogP contribution in [0.15, 0.2) is 97.2 Å². The number of piperidine rings is 1. The summed E-state index contributed by atoms with van der Waals surface area (Å²) in [7, 11) is 0. The number of nitrogens with zero attached hydrogens (tertiary/aromatic N) is 6. The summed E-state index contributed by atoms with van der Waals surface area (Å²) >= 11 is 6.25. The topological polar surface area (TPSA) is 121 Å². The maximum atomic E-state index is 15.0. The Morgan fingerprint density at radius 1 is 0.930 bits per heavy atom. The fourth-order valence-corrected chi connectivity index (χ4v) is 7.38. The molecule has 1 unspecified atom stereocenters. The first-order chi connectivity index (χ1) is 27.4. The van der Waals surface area contributed by atoms with Crippen LogP contribution in [0, 0.1) is 12.3 Å². The number of hydrogen-bond acceptors (Lipinski definition) is 10. The van der Waals surface area contributed by atoms with Crippen molar-refractivity contribution in [2.45, 2.75) is 58.0 Å². The molecule has 1 spiro atoms. The number of ether oxygens (including phenoxy) is 4. The summed E-state index contributed by atoms with van der Waals surface area (Å²) in [6.45, 7) is 4.62. The van der Waals surface area contributed by atoms with Crippen molar-refractivity contribution in [3.63, 3.8) is 0 Å². The molecule has 3 aromatic carbocycles. The molecule has 57 heavy (non-hydrogen) atoms. The molecule has 2 aliphatic rings. The fraction of sp³-hybridized carbons (Fsp3) is 0.341. The normalized spacial score (nSPS) is 17.0. The molecule has 7 rings (SSSR count). The van der Waals surface area contributed by atoms with Gasteiger partial charge in [-0.1, -0.05) is 66.2 Å². The third-order valence-corrected chi connectivity index (χ3v) is 10.3. The predicted molar refractivity (Wildman–Crippen MR) is 204 cm³/mol. The second kappa shape index (κ2) is 16.7. The lowest BCUT2D eigenvalue weighted by Gasteiger charge is -2.39. The number of carbonyl (C=O) groups is 2. The van der Waals surface area contributed by atoms with E-state index in [0.29, 0.717) is 43.8 Å². The van der Waals surface area contributed by atoms with Crippen molar-refractivity contribution in [1.82, 2.24) is 24.6 Å². The molecule has 0 N–H and O–H groups in total. The van der Waals surface area contributed by atoms with Gasteiger partial charge in [-0.2, -0.15) is 28.2 Å².